The standard InChI is InChI=1S/C50H82O20/c1-22(52)29-14-16-50(58)30-12-11-27-17-28(13-15-48(27,6)31(30)18-35(49(29,50)7)65-26(5)53)66-36-19-32(59-8)42(23(2)62-36)68-37-20-33(60-9)43(24(3)63-37)69-47-41(57)45(61-10)44(25(4)64-47)70-46-40(56)39(55)38(54)34(21-51)67-46/h11,22-25,28-47,51-52,54-58H,12-21H2,1-10H3. The number of aliphatic hydroxyl groups is 7. The largest absolute Gasteiger partial charge is 0.462 e. The zero-order valence-corrected chi connectivity index (χ0v) is 42.4. The monoisotopic (exact) mass is 1000 g/mol. The first-order chi connectivity index (χ1) is 33.1. The highest BCUT2D eigenvalue weighted by Crippen LogP contribution is 2.69. The summed E-state index contributed by atoms with van der Waals surface area (Å²) in [6.07, 6.45) is -10.9. The van der Waals surface area contributed by atoms with E-state index in [0.717, 1.165) is 19.3 Å². The van der Waals surface area contributed by atoms with Gasteiger partial charge in [0.05, 0.1) is 54.9 Å². The van der Waals surface area contributed by atoms with Crippen molar-refractivity contribution in [3.05, 3.63) is 11.6 Å². The molecule has 0 radical (unpaired) electrons. The third-order valence-corrected chi connectivity index (χ3v) is 18.2. The molecule has 7 fully saturated rings. The number of esters is 1. The van der Waals surface area contributed by atoms with Gasteiger partial charge >= 0.3 is 5.97 Å². The number of hydrogen-bond acceptors (Lipinski definition) is 20. The topological polar surface area (TPSA) is 269 Å². The van der Waals surface area contributed by atoms with Crippen molar-refractivity contribution in [3.8, 4) is 0 Å². The highest BCUT2D eigenvalue weighted by atomic mass is 16.8. The van der Waals surface area contributed by atoms with E-state index in [1.165, 1.54) is 19.6 Å². The van der Waals surface area contributed by atoms with Gasteiger partial charge in [-0.1, -0.05) is 25.5 Å². The van der Waals surface area contributed by atoms with Crippen LogP contribution in [0.5, 0.6) is 0 Å². The molecule has 4 aliphatic heterocycles. The number of hydrogen-bond donors (Lipinski definition) is 7. The zero-order valence-electron chi connectivity index (χ0n) is 42.4. The lowest BCUT2D eigenvalue weighted by atomic mass is 9.44. The van der Waals surface area contributed by atoms with Gasteiger partial charge in [-0.2, -0.15) is 0 Å². The minimum absolute atomic E-state index is 0.0203. The highest BCUT2D eigenvalue weighted by Gasteiger charge is 2.71. The number of methoxy groups -OCH3 is 3. The Morgan fingerprint density at radius 3 is 1.93 bits per heavy atom. The molecule has 70 heavy (non-hydrogen) atoms. The summed E-state index contributed by atoms with van der Waals surface area (Å²) in [5.41, 5.74) is -0.751. The Kier molecular flexibility index (Phi) is 16.9. The van der Waals surface area contributed by atoms with Crippen LogP contribution < -0.4 is 0 Å². The number of allylic oxidation sites excluding steroid dienone is 1. The summed E-state index contributed by atoms with van der Waals surface area (Å²) in [7, 11) is 4.57. The predicted molar refractivity (Wildman–Crippen MR) is 243 cm³/mol. The van der Waals surface area contributed by atoms with Crippen LogP contribution in [0, 0.1) is 28.6 Å². The SMILES string of the molecule is COC1CC(OC2CCC3(C)C(=CCC4C3CC(OC(C)=O)C3(C)C(C(C)O)CCC43O)C2)OC(C)C1OC1CC(OC)C(OC2OC(C)C(OC3OC(CO)C(O)C(O)C3O)C(OC)C2O)C(C)O1. The molecule has 0 aromatic rings. The molecule has 8 rings (SSSR count). The molecule has 20 nitrogen and oxygen atoms in total. The van der Waals surface area contributed by atoms with E-state index in [0.29, 0.717) is 32.1 Å². The second-order valence-corrected chi connectivity index (χ2v) is 22.0. The van der Waals surface area contributed by atoms with Crippen LogP contribution in [0.15, 0.2) is 11.6 Å². The van der Waals surface area contributed by atoms with Gasteiger partial charge in [0, 0.05) is 46.5 Å². The lowest BCUT2D eigenvalue weighted by Gasteiger charge is -2.63. The highest BCUT2D eigenvalue weighted by molar-refractivity contribution is 5.66. The Balaban J connectivity index is 0.857. The van der Waals surface area contributed by atoms with E-state index < -0.39 is 140 Å². The van der Waals surface area contributed by atoms with E-state index in [1.54, 1.807) is 28.1 Å². The second-order valence-electron chi connectivity index (χ2n) is 22.0. The smallest absolute Gasteiger partial charge is 0.302 e. The molecule has 0 bridgehead atoms. The first kappa shape index (κ1) is 54.7. The molecule has 20 heteroatoms. The van der Waals surface area contributed by atoms with Crippen molar-refractivity contribution in [1.82, 2.24) is 0 Å². The van der Waals surface area contributed by atoms with Crippen molar-refractivity contribution in [2.45, 2.75) is 241 Å². The van der Waals surface area contributed by atoms with Gasteiger partial charge in [0.1, 0.15) is 61.0 Å². The molecule has 0 aromatic heterocycles. The van der Waals surface area contributed by atoms with Crippen LogP contribution >= 0.6 is 0 Å². The van der Waals surface area contributed by atoms with Crippen LogP contribution in [-0.4, -0.2) is 204 Å². The summed E-state index contributed by atoms with van der Waals surface area (Å²) >= 11 is 0. The fraction of sp³-hybridized carbons (Fsp3) is 0.940. The predicted octanol–water partition coefficient (Wildman–Crippen LogP) is 1.36. The van der Waals surface area contributed by atoms with Crippen molar-refractivity contribution in [2.75, 3.05) is 27.9 Å². The van der Waals surface area contributed by atoms with E-state index in [9.17, 15) is 40.5 Å². The molecule has 4 heterocycles. The third kappa shape index (κ3) is 9.81. The number of ether oxygens (including phenoxy) is 12. The van der Waals surface area contributed by atoms with E-state index in [4.69, 9.17) is 56.8 Å². The molecule has 27 atom stereocenters. The maximum atomic E-state index is 12.7. The summed E-state index contributed by atoms with van der Waals surface area (Å²) in [4.78, 5) is 12.5. The maximum absolute atomic E-state index is 12.7. The molecular weight excluding hydrogens is 921 g/mol. The molecule has 402 valence electrons. The number of carbonyl (C=O) groups excluding carboxylic acids is 1. The van der Waals surface area contributed by atoms with E-state index >= 15 is 0 Å². The average molecular weight is 1000 g/mol. The Labute approximate surface area is 411 Å². The van der Waals surface area contributed by atoms with Gasteiger partial charge in [0.15, 0.2) is 25.2 Å². The molecule has 4 aliphatic carbocycles. The molecule has 7 N–H and O–H groups in total. The van der Waals surface area contributed by atoms with Crippen LogP contribution in [0.1, 0.15) is 106 Å². The van der Waals surface area contributed by atoms with Gasteiger partial charge in [0.2, 0.25) is 0 Å². The van der Waals surface area contributed by atoms with Crippen molar-refractivity contribution in [2.24, 2.45) is 28.6 Å². The molecule has 0 aromatic carbocycles. The first-order valence-electron chi connectivity index (χ1n) is 25.6. The summed E-state index contributed by atoms with van der Waals surface area (Å²) < 4.78 is 74.0. The minimum atomic E-state index is -1.66. The Morgan fingerprint density at radius 2 is 1.33 bits per heavy atom. The molecule has 0 spiro atoms. The molecule has 0 amide bonds. The lowest BCUT2D eigenvalue weighted by molar-refractivity contribution is -0.373. The zero-order chi connectivity index (χ0) is 50.8. The molecule has 8 aliphatic rings. The molecule has 27 unspecified atom stereocenters. The van der Waals surface area contributed by atoms with Gasteiger partial charge in [-0.05, 0) is 95.8 Å². The van der Waals surface area contributed by atoms with Crippen LogP contribution in [-0.2, 0) is 61.6 Å². The Bertz CT molecular complexity index is 1800. The van der Waals surface area contributed by atoms with E-state index in [2.05, 4.69) is 13.0 Å². The normalized spacial score (nSPS) is 52.2. The number of fused-ring (bicyclic) bond motifs is 5. The number of carbonyl (C=O) groups is 1. The third-order valence-electron chi connectivity index (χ3n) is 18.2. The molecular formula is C50H82O20. The summed E-state index contributed by atoms with van der Waals surface area (Å²) in [6, 6.07) is 0. The van der Waals surface area contributed by atoms with Crippen LogP contribution in [0.3, 0.4) is 0 Å². The molecule has 4 saturated heterocycles. The van der Waals surface area contributed by atoms with Crippen LogP contribution in [0.25, 0.3) is 0 Å². The van der Waals surface area contributed by atoms with E-state index in [-0.39, 0.29) is 41.7 Å². The second kappa shape index (κ2) is 21.6. The van der Waals surface area contributed by atoms with Gasteiger partial charge in [-0.25, -0.2) is 0 Å². The van der Waals surface area contributed by atoms with Crippen molar-refractivity contribution in [3.63, 3.8) is 0 Å². The summed E-state index contributed by atoms with van der Waals surface area (Å²) in [6.45, 7) is 12.3. The number of rotatable bonds is 14. The van der Waals surface area contributed by atoms with Gasteiger partial charge in [0.25, 0.3) is 0 Å². The first-order valence-corrected chi connectivity index (χ1v) is 25.6. The van der Waals surface area contributed by atoms with Gasteiger partial charge in [-0.15, -0.1) is 0 Å². The van der Waals surface area contributed by atoms with Crippen LogP contribution in [0.4, 0.5) is 0 Å². The van der Waals surface area contributed by atoms with Crippen molar-refractivity contribution < 1.29 is 97.4 Å². The van der Waals surface area contributed by atoms with Crippen molar-refractivity contribution >= 4 is 5.97 Å². The fourth-order valence-corrected chi connectivity index (χ4v) is 14.3. The van der Waals surface area contributed by atoms with Crippen LogP contribution in [0.2, 0.25) is 0 Å². The van der Waals surface area contributed by atoms with E-state index in [1.807, 2.05) is 20.8 Å². The quantitative estimate of drug-likeness (QED) is 0.0957. The summed E-state index contributed by atoms with van der Waals surface area (Å²) in [5, 5.41) is 75.8. The Morgan fingerprint density at radius 1 is 0.729 bits per heavy atom. The average Bonchev–Trinajstić information content (AvgIpc) is 3.61. The van der Waals surface area contributed by atoms with Gasteiger partial charge < -0.3 is 92.6 Å². The lowest BCUT2D eigenvalue weighted by Crippen LogP contribution is -2.67. The minimum Gasteiger partial charge on any atom is -0.462 e. The Hall–Kier alpha value is -1.51. The maximum Gasteiger partial charge on any atom is 0.302 e. The number of aliphatic hydroxyl groups excluding tert-OH is 6. The van der Waals surface area contributed by atoms with Crippen molar-refractivity contribution in [1.29, 1.82) is 0 Å². The molecule has 3 saturated carbocycles. The fourth-order valence-electron chi connectivity index (χ4n) is 14.3. The van der Waals surface area contributed by atoms with Gasteiger partial charge in [-0.3, -0.25) is 4.79 Å². The summed E-state index contributed by atoms with van der Waals surface area (Å²) in [5.74, 6) is -0.472.